The number of pyridine rings is 1. The summed E-state index contributed by atoms with van der Waals surface area (Å²) < 4.78 is 18.9. The Morgan fingerprint density at radius 3 is 2.70 bits per heavy atom. The van der Waals surface area contributed by atoms with Crippen LogP contribution < -0.4 is 5.32 Å². The standard InChI is InChI=1S/C22H23FN4O2S/c1-15-20(30-22(26-15)18-4-2-3-9-24-18)21(28)25-14-19(27-10-12-29-13-11-27)16-5-7-17(23)8-6-16/h2-9,19H,10-14H2,1H3,(H,25,28). The van der Waals surface area contributed by atoms with Gasteiger partial charge in [0.15, 0.2) is 0 Å². The molecule has 1 aliphatic rings. The number of carbonyl (C=O) groups excluding carboxylic acids is 1. The van der Waals surface area contributed by atoms with Crippen LogP contribution in [-0.2, 0) is 4.74 Å². The maximum Gasteiger partial charge on any atom is 0.263 e. The number of amides is 1. The molecule has 6 nitrogen and oxygen atoms in total. The topological polar surface area (TPSA) is 67.4 Å². The molecule has 1 atom stereocenters. The van der Waals surface area contributed by atoms with Crippen LogP contribution in [0.25, 0.3) is 10.7 Å². The van der Waals surface area contributed by atoms with Crippen LogP contribution in [0.5, 0.6) is 0 Å². The molecule has 1 N–H and O–H groups in total. The van der Waals surface area contributed by atoms with E-state index in [9.17, 15) is 9.18 Å². The van der Waals surface area contributed by atoms with Crippen molar-refractivity contribution in [2.24, 2.45) is 0 Å². The van der Waals surface area contributed by atoms with Gasteiger partial charge in [-0.3, -0.25) is 14.7 Å². The van der Waals surface area contributed by atoms with Gasteiger partial charge in [0, 0.05) is 25.8 Å². The summed E-state index contributed by atoms with van der Waals surface area (Å²) in [5.74, 6) is -0.432. The third kappa shape index (κ3) is 4.72. The third-order valence-electron chi connectivity index (χ3n) is 5.08. The van der Waals surface area contributed by atoms with E-state index in [0.717, 1.165) is 29.4 Å². The average Bonchev–Trinajstić information content (AvgIpc) is 3.18. The molecule has 0 spiro atoms. The number of hydrogen-bond acceptors (Lipinski definition) is 6. The zero-order valence-electron chi connectivity index (χ0n) is 16.7. The molecule has 8 heteroatoms. The van der Waals surface area contributed by atoms with Crippen molar-refractivity contribution >= 4 is 17.2 Å². The van der Waals surface area contributed by atoms with Crippen molar-refractivity contribution < 1.29 is 13.9 Å². The summed E-state index contributed by atoms with van der Waals surface area (Å²) in [6.45, 7) is 5.07. The van der Waals surface area contributed by atoms with E-state index in [1.165, 1.54) is 23.5 Å². The first-order valence-corrected chi connectivity index (χ1v) is 10.7. The van der Waals surface area contributed by atoms with Gasteiger partial charge in [-0.15, -0.1) is 11.3 Å². The Morgan fingerprint density at radius 1 is 1.23 bits per heavy atom. The van der Waals surface area contributed by atoms with E-state index in [4.69, 9.17) is 4.74 Å². The predicted octanol–water partition coefficient (Wildman–Crippen LogP) is 3.46. The molecule has 0 bridgehead atoms. The second-order valence-corrected chi connectivity index (χ2v) is 8.07. The molecular formula is C22H23FN4O2S. The number of halogens is 1. The number of thiazole rings is 1. The van der Waals surface area contributed by atoms with Crippen LogP contribution in [0.3, 0.4) is 0 Å². The Morgan fingerprint density at radius 2 is 2.00 bits per heavy atom. The summed E-state index contributed by atoms with van der Waals surface area (Å²) in [4.78, 5) is 24.6. The van der Waals surface area contributed by atoms with Gasteiger partial charge in [-0.25, -0.2) is 9.37 Å². The number of carbonyl (C=O) groups is 1. The van der Waals surface area contributed by atoms with Crippen LogP contribution >= 0.6 is 11.3 Å². The Balaban J connectivity index is 1.50. The molecule has 1 fully saturated rings. The molecule has 0 saturated carbocycles. The van der Waals surface area contributed by atoms with Gasteiger partial charge in [-0.2, -0.15) is 0 Å². The monoisotopic (exact) mass is 426 g/mol. The van der Waals surface area contributed by atoms with Crippen LogP contribution in [0, 0.1) is 12.7 Å². The number of nitrogens with zero attached hydrogens (tertiary/aromatic N) is 3. The number of aryl methyl sites for hydroxylation is 1. The van der Waals surface area contributed by atoms with Crippen molar-refractivity contribution in [3.05, 3.63) is 70.6 Å². The van der Waals surface area contributed by atoms with Crippen LogP contribution in [0.2, 0.25) is 0 Å². The van der Waals surface area contributed by atoms with Crippen molar-refractivity contribution in [1.29, 1.82) is 0 Å². The maximum atomic E-state index is 13.4. The van der Waals surface area contributed by atoms with Crippen molar-refractivity contribution in [1.82, 2.24) is 20.2 Å². The highest BCUT2D eigenvalue weighted by molar-refractivity contribution is 7.17. The summed E-state index contributed by atoms with van der Waals surface area (Å²) in [6.07, 6.45) is 1.71. The van der Waals surface area contributed by atoms with E-state index in [0.29, 0.717) is 30.3 Å². The molecular weight excluding hydrogens is 403 g/mol. The van der Waals surface area contributed by atoms with Crippen molar-refractivity contribution in [3.63, 3.8) is 0 Å². The SMILES string of the molecule is Cc1nc(-c2ccccn2)sc1C(=O)NCC(c1ccc(F)cc1)N1CCOCC1. The van der Waals surface area contributed by atoms with Crippen molar-refractivity contribution in [3.8, 4) is 10.7 Å². The number of hydrogen-bond donors (Lipinski definition) is 1. The fourth-order valence-electron chi connectivity index (χ4n) is 3.51. The Bertz CT molecular complexity index is 988. The minimum atomic E-state index is -0.272. The molecule has 3 aromatic rings. The lowest BCUT2D eigenvalue weighted by Crippen LogP contribution is -2.43. The lowest BCUT2D eigenvalue weighted by atomic mass is 10.0. The van der Waals surface area contributed by atoms with Gasteiger partial charge >= 0.3 is 0 Å². The summed E-state index contributed by atoms with van der Waals surface area (Å²) in [7, 11) is 0. The van der Waals surface area contributed by atoms with Crippen LogP contribution in [0.4, 0.5) is 4.39 Å². The summed E-state index contributed by atoms with van der Waals surface area (Å²) in [6, 6.07) is 12.0. The largest absolute Gasteiger partial charge is 0.379 e. The van der Waals surface area contributed by atoms with Gasteiger partial charge in [0.05, 0.1) is 30.6 Å². The molecule has 0 radical (unpaired) electrons. The Kier molecular flexibility index (Phi) is 6.47. The van der Waals surface area contributed by atoms with Gasteiger partial charge in [-0.1, -0.05) is 18.2 Å². The molecule has 1 aliphatic heterocycles. The van der Waals surface area contributed by atoms with Gasteiger partial charge < -0.3 is 10.1 Å². The molecule has 2 aromatic heterocycles. The normalized spacial score (nSPS) is 15.7. The fourth-order valence-corrected chi connectivity index (χ4v) is 4.47. The molecule has 1 saturated heterocycles. The van der Waals surface area contributed by atoms with E-state index in [2.05, 4.69) is 20.2 Å². The van der Waals surface area contributed by atoms with E-state index in [1.807, 2.05) is 25.1 Å². The number of benzene rings is 1. The molecule has 4 rings (SSSR count). The summed E-state index contributed by atoms with van der Waals surface area (Å²) >= 11 is 1.34. The smallest absolute Gasteiger partial charge is 0.263 e. The molecule has 30 heavy (non-hydrogen) atoms. The molecule has 156 valence electrons. The van der Waals surface area contributed by atoms with E-state index in [1.54, 1.807) is 18.3 Å². The summed E-state index contributed by atoms with van der Waals surface area (Å²) in [5.41, 5.74) is 2.40. The van der Waals surface area contributed by atoms with Gasteiger partial charge in [0.1, 0.15) is 15.7 Å². The first-order valence-electron chi connectivity index (χ1n) is 9.86. The number of aromatic nitrogens is 2. The van der Waals surface area contributed by atoms with Crippen LogP contribution in [0.1, 0.15) is 27.0 Å². The Hall–Kier alpha value is -2.68. The molecule has 1 unspecified atom stereocenters. The van der Waals surface area contributed by atoms with Crippen molar-refractivity contribution in [2.45, 2.75) is 13.0 Å². The fraction of sp³-hybridized carbons (Fsp3) is 0.318. The number of morpholine rings is 1. The molecule has 3 heterocycles. The lowest BCUT2D eigenvalue weighted by Gasteiger charge is -2.34. The molecule has 1 aromatic carbocycles. The second-order valence-electron chi connectivity index (χ2n) is 7.07. The Labute approximate surface area is 178 Å². The highest BCUT2D eigenvalue weighted by Gasteiger charge is 2.24. The van der Waals surface area contributed by atoms with Gasteiger partial charge in [0.25, 0.3) is 5.91 Å². The first-order chi connectivity index (χ1) is 14.6. The van der Waals surface area contributed by atoms with E-state index >= 15 is 0 Å². The maximum absolute atomic E-state index is 13.4. The third-order valence-corrected chi connectivity index (χ3v) is 6.26. The van der Waals surface area contributed by atoms with Gasteiger partial charge in [-0.05, 0) is 36.8 Å². The minimum Gasteiger partial charge on any atom is -0.379 e. The predicted molar refractivity (Wildman–Crippen MR) is 114 cm³/mol. The molecule has 1 amide bonds. The zero-order valence-corrected chi connectivity index (χ0v) is 17.5. The highest BCUT2D eigenvalue weighted by Crippen LogP contribution is 2.27. The van der Waals surface area contributed by atoms with Crippen LogP contribution in [-0.4, -0.2) is 53.6 Å². The van der Waals surface area contributed by atoms with Gasteiger partial charge in [0.2, 0.25) is 0 Å². The number of nitrogens with one attached hydrogen (secondary N) is 1. The van der Waals surface area contributed by atoms with Crippen molar-refractivity contribution in [2.75, 3.05) is 32.8 Å². The quantitative estimate of drug-likeness (QED) is 0.654. The zero-order chi connectivity index (χ0) is 20.9. The number of rotatable bonds is 6. The van der Waals surface area contributed by atoms with E-state index < -0.39 is 0 Å². The second kappa shape index (κ2) is 9.42. The molecule has 0 aliphatic carbocycles. The first kappa shape index (κ1) is 20.6. The average molecular weight is 427 g/mol. The minimum absolute atomic E-state index is 0.0538. The summed E-state index contributed by atoms with van der Waals surface area (Å²) in [5, 5.41) is 3.77. The van der Waals surface area contributed by atoms with Crippen LogP contribution in [0.15, 0.2) is 48.7 Å². The highest BCUT2D eigenvalue weighted by atomic mass is 32.1. The lowest BCUT2D eigenvalue weighted by molar-refractivity contribution is 0.0162. The number of ether oxygens (including phenoxy) is 1. The van der Waals surface area contributed by atoms with E-state index in [-0.39, 0.29) is 17.8 Å².